The zero-order chi connectivity index (χ0) is 21.6. The first kappa shape index (κ1) is 21.3. The Hall–Kier alpha value is -2.94. The molecule has 1 fully saturated rings. The molecule has 1 amide bonds. The first-order chi connectivity index (χ1) is 15.2. The fourth-order valence-electron chi connectivity index (χ4n) is 4.05. The Morgan fingerprint density at radius 2 is 1.94 bits per heavy atom. The van der Waals surface area contributed by atoms with Gasteiger partial charge in [0.15, 0.2) is 6.10 Å². The SMILES string of the molecule is COC(C(=O)Nc1ccnn1C1CCN(Cc2ccc(CO)o2)CC1)c1ccccc1. The second-order valence-electron chi connectivity index (χ2n) is 7.71. The molecule has 1 aromatic carbocycles. The molecule has 3 aromatic rings. The number of hydrogen-bond acceptors (Lipinski definition) is 6. The molecule has 1 aliphatic rings. The maximum absolute atomic E-state index is 12.8. The van der Waals surface area contributed by atoms with Crippen LogP contribution in [0.25, 0.3) is 0 Å². The van der Waals surface area contributed by atoms with E-state index in [9.17, 15) is 4.79 Å². The number of nitrogens with one attached hydrogen (secondary N) is 1. The summed E-state index contributed by atoms with van der Waals surface area (Å²) in [5, 5.41) is 16.6. The summed E-state index contributed by atoms with van der Waals surface area (Å²) in [7, 11) is 1.53. The Bertz CT molecular complexity index is 976. The van der Waals surface area contributed by atoms with Crippen molar-refractivity contribution in [3.8, 4) is 0 Å². The van der Waals surface area contributed by atoms with Crippen molar-refractivity contribution in [2.45, 2.75) is 38.1 Å². The van der Waals surface area contributed by atoms with Crippen LogP contribution in [0.2, 0.25) is 0 Å². The van der Waals surface area contributed by atoms with Crippen molar-refractivity contribution in [2.75, 3.05) is 25.5 Å². The Morgan fingerprint density at radius 3 is 2.61 bits per heavy atom. The van der Waals surface area contributed by atoms with Crippen LogP contribution in [0.1, 0.15) is 42.1 Å². The number of piperidine rings is 1. The normalized spacial score (nSPS) is 16.3. The number of rotatable bonds is 8. The molecule has 164 valence electrons. The Morgan fingerprint density at radius 1 is 1.19 bits per heavy atom. The van der Waals surface area contributed by atoms with Gasteiger partial charge in [0.25, 0.3) is 5.91 Å². The van der Waals surface area contributed by atoms with Crippen molar-refractivity contribution in [2.24, 2.45) is 0 Å². The molecule has 0 spiro atoms. The number of furan rings is 1. The van der Waals surface area contributed by atoms with Crippen molar-refractivity contribution in [3.63, 3.8) is 0 Å². The van der Waals surface area contributed by atoms with Gasteiger partial charge in [-0.25, -0.2) is 4.68 Å². The number of carbonyl (C=O) groups is 1. The quantitative estimate of drug-likeness (QED) is 0.577. The molecule has 3 heterocycles. The smallest absolute Gasteiger partial charge is 0.259 e. The van der Waals surface area contributed by atoms with Crippen LogP contribution in [0.5, 0.6) is 0 Å². The predicted octanol–water partition coefficient (Wildman–Crippen LogP) is 3.13. The number of methoxy groups -OCH3 is 1. The highest BCUT2D eigenvalue weighted by atomic mass is 16.5. The lowest BCUT2D eigenvalue weighted by Crippen LogP contribution is -2.35. The molecule has 31 heavy (non-hydrogen) atoms. The van der Waals surface area contributed by atoms with Crippen LogP contribution in [-0.4, -0.2) is 45.9 Å². The minimum Gasteiger partial charge on any atom is -0.462 e. The van der Waals surface area contributed by atoms with E-state index < -0.39 is 6.10 Å². The highest BCUT2D eigenvalue weighted by molar-refractivity contribution is 5.94. The van der Waals surface area contributed by atoms with Gasteiger partial charge in [0.05, 0.1) is 18.8 Å². The monoisotopic (exact) mass is 424 g/mol. The predicted molar refractivity (Wildman–Crippen MR) is 115 cm³/mol. The second-order valence-corrected chi connectivity index (χ2v) is 7.71. The first-order valence-electron chi connectivity index (χ1n) is 10.5. The van der Waals surface area contributed by atoms with E-state index in [4.69, 9.17) is 14.3 Å². The summed E-state index contributed by atoms with van der Waals surface area (Å²) in [6, 6.07) is 15.2. The second kappa shape index (κ2) is 9.91. The van der Waals surface area contributed by atoms with Gasteiger partial charge in [-0.15, -0.1) is 0 Å². The molecular formula is C23H28N4O4. The minimum absolute atomic E-state index is 0.0793. The summed E-state index contributed by atoms with van der Waals surface area (Å²) in [6.07, 6.45) is 2.88. The van der Waals surface area contributed by atoms with Gasteiger partial charge in [0.2, 0.25) is 0 Å². The number of aliphatic hydroxyl groups excluding tert-OH is 1. The summed E-state index contributed by atoms with van der Waals surface area (Å²) < 4.78 is 12.9. The van der Waals surface area contributed by atoms with Crippen molar-refractivity contribution < 1.29 is 19.1 Å². The van der Waals surface area contributed by atoms with Crippen LogP contribution >= 0.6 is 0 Å². The van der Waals surface area contributed by atoms with Crippen molar-refractivity contribution in [3.05, 3.63) is 71.8 Å². The number of aliphatic hydroxyl groups is 1. The van der Waals surface area contributed by atoms with E-state index in [2.05, 4.69) is 15.3 Å². The Labute approximate surface area is 181 Å². The molecular weight excluding hydrogens is 396 g/mol. The third kappa shape index (κ3) is 5.04. The number of hydrogen-bond donors (Lipinski definition) is 2. The molecule has 0 saturated carbocycles. The minimum atomic E-state index is -0.677. The van der Waals surface area contributed by atoms with Gasteiger partial charge >= 0.3 is 0 Å². The van der Waals surface area contributed by atoms with Gasteiger partial charge in [-0.2, -0.15) is 5.10 Å². The molecule has 1 aliphatic heterocycles. The van der Waals surface area contributed by atoms with Gasteiger partial charge in [-0.1, -0.05) is 30.3 Å². The van der Waals surface area contributed by atoms with E-state index in [1.165, 1.54) is 7.11 Å². The fraction of sp³-hybridized carbons (Fsp3) is 0.391. The summed E-state index contributed by atoms with van der Waals surface area (Å²) in [4.78, 5) is 15.2. The number of ether oxygens (including phenoxy) is 1. The molecule has 4 rings (SSSR count). The fourth-order valence-corrected chi connectivity index (χ4v) is 4.05. The van der Waals surface area contributed by atoms with Gasteiger partial charge in [0.1, 0.15) is 23.9 Å². The topological polar surface area (TPSA) is 92.8 Å². The Kier molecular flexibility index (Phi) is 6.81. The van der Waals surface area contributed by atoms with E-state index in [1.54, 1.807) is 6.20 Å². The maximum Gasteiger partial charge on any atom is 0.259 e. The zero-order valence-corrected chi connectivity index (χ0v) is 17.6. The molecule has 8 nitrogen and oxygen atoms in total. The summed E-state index contributed by atoms with van der Waals surface area (Å²) in [5.41, 5.74) is 0.809. The summed E-state index contributed by atoms with van der Waals surface area (Å²) in [6.45, 7) is 2.45. The van der Waals surface area contributed by atoms with Crippen LogP contribution in [-0.2, 0) is 22.7 Å². The van der Waals surface area contributed by atoms with Gasteiger partial charge in [-0.3, -0.25) is 9.69 Å². The van der Waals surface area contributed by atoms with Gasteiger partial charge < -0.3 is 19.6 Å². The molecule has 2 N–H and O–H groups in total. The maximum atomic E-state index is 12.8. The van der Waals surface area contributed by atoms with E-state index in [1.807, 2.05) is 53.2 Å². The molecule has 0 aliphatic carbocycles. The van der Waals surface area contributed by atoms with Crippen molar-refractivity contribution >= 4 is 11.7 Å². The summed E-state index contributed by atoms with van der Waals surface area (Å²) >= 11 is 0. The molecule has 1 saturated heterocycles. The first-order valence-corrected chi connectivity index (χ1v) is 10.5. The molecule has 0 radical (unpaired) electrons. The number of nitrogens with zero attached hydrogens (tertiary/aromatic N) is 3. The molecule has 8 heteroatoms. The third-order valence-corrected chi connectivity index (χ3v) is 5.65. The van der Waals surface area contributed by atoms with Crippen LogP contribution in [0.4, 0.5) is 5.82 Å². The standard InChI is InChI=1S/C23H28N4O4/c1-30-22(17-5-3-2-4-6-17)23(29)25-21-9-12-24-27(21)18-10-13-26(14-11-18)15-19-7-8-20(16-28)31-19/h2-9,12,18,22,28H,10-11,13-16H2,1H3,(H,25,29). The van der Waals surface area contributed by atoms with Gasteiger partial charge in [-0.05, 0) is 30.5 Å². The van der Waals surface area contributed by atoms with E-state index >= 15 is 0 Å². The van der Waals surface area contributed by atoms with Crippen LogP contribution in [0.3, 0.4) is 0 Å². The average Bonchev–Trinajstić information content (AvgIpc) is 3.45. The summed E-state index contributed by atoms with van der Waals surface area (Å²) in [5.74, 6) is 1.91. The number of anilines is 1. The average molecular weight is 425 g/mol. The van der Waals surface area contributed by atoms with E-state index in [0.29, 0.717) is 11.6 Å². The highest BCUT2D eigenvalue weighted by Crippen LogP contribution is 2.27. The molecule has 1 unspecified atom stereocenters. The molecule has 2 aromatic heterocycles. The van der Waals surface area contributed by atoms with Gasteiger partial charge in [0, 0.05) is 26.3 Å². The zero-order valence-electron chi connectivity index (χ0n) is 17.6. The Balaban J connectivity index is 1.36. The van der Waals surface area contributed by atoms with Crippen LogP contribution in [0, 0.1) is 0 Å². The molecule has 0 bridgehead atoms. The molecule has 1 atom stereocenters. The van der Waals surface area contributed by atoms with E-state index in [0.717, 1.165) is 43.8 Å². The van der Waals surface area contributed by atoms with E-state index in [-0.39, 0.29) is 18.6 Å². The van der Waals surface area contributed by atoms with Crippen LogP contribution in [0.15, 0.2) is 59.1 Å². The van der Waals surface area contributed by atoms with Crippen molar-refractivity contribution in [1.82, 2.24) is 14.7 Å². The lowest BCUT2D eigenvalue weighted by Gasteiger charge is -2.32. The third-order valence-electron chi connectivity index (χ3n) is 5.65. The number of amides is 1. The number of aromatic nitrogens is 2. The van der Waals surface area contributed by atoms with Crippen LogP contribution < -0.4 is 5.32 Å². The van der Waals surface area contributed by atoms with Crippen molar-refractivity contribution in [1.29, 1.82) is 0 Å². The largest absolute Gasteiger partial charge is 0.462 e. The number of carbonyl (C=O) groups excluding carboxylic acids is 1. The number of likely N-dealkylation sites (tertiary alicyclic amines) is 1. The highest BCUT2D eigenvalue weighted by Gasteiger charge is 2.26. The lowest BCUT2D eigenvalue weighted by molar-refractivity contribution is -0.126. The lowest BCUT2D eigenvalue weighted by atomic mass is 10.1. The number of benzene rings is 1.